The van der Waals surface area contributed by atoms with E-state index in [-0.39, 0.29) is 22.7 Å². The zero-order valence-electron chi connectivity index (χ0n) is 12.1. The van der Waals surface area contributed by atoms with E-state index in [0.29, 0.717) is 12.2 Å². The summed E-state index contributed by atoms with van der Waals surface area (Å²) in [4.78, 5) is 27.3. The topological polar surface area (TPSA) is 49.4 Å². The minimum atomic E-state index is -0.354. The normalized spacial score (nSPS) is 27.8. The summed E-state index contributed by atoms with van der Waals surface area (Å²) in [7, 11) is 0. The molecular weight excluding hydrogens is 304 g/mol. The lowest BCUT2D eigenvalue weighted by Crippen LogP contribution is -2.48. The van der Waals surface area contributed by atoms with E-state index >= 15 is 0 Å². The van der Waals surface area contributed by atoms with E-state index in [9.17, 15) is 9.59 Å². The Morgan fingerprint density at radius 2 is 2.33 bits per heavy atom. The molecule has 1 aromatic rings. The molecule has 0 aromatic heterocycles. The second kappa shape index (κ2) is 5.57. The third-order valence-corrected chi connectivity index (χ3v) is 6.32. The van der Waals surface area contributed by atoms with E-state index in [0.717, 1.165) is 17.0 Å². The molecule has 4 nitrogen and oxygen atoms in total. The fraction of sp³-hybridized carbons (Fsp3) is 0.467. The molecule has 2 amide bonds. The number of nitrogens with zero attached hydrogens (tertiary/aromatic N) is 1. The summed E-state index contributed by atoms with van der Waals surface area (Å²) in [5, 5.41) is 2.95. The van der Waals surface area contributed by atoms with Crippen LogP contribution in [0.25, 0.3) is 0 Å². The molecule has 2 heterocycles. The van der Waals surface area contributed by atoms with Crippen molar-refractivity contribution in [3.8, 4) is 0 Å². The van der Waals surface area contributed by atoms with Gasteiger partial charge in [-0.15, -0.1) is 23.5 Å². The van der Waals surface area contributed by atoms with Gasteiger partial charge < -0.3 is 10.2 Å². The molecule has 21 heavy (non-hydrogen) atoms. The van der Waals surface area contributed by atoms with Gasteiger partial charge in [-0.1, -0.05) is 6.07 Å². The van der Waals surface area contributed by atoms with Gasteiger partial charge in [0.2, 0.25) is 11.8 Å². The molecule has 2 aliphatic heterocycles. The highest BCUT2D eigenvalue weighted by atomic mass is 32.2. The Hall–Kier alpha value is -1.14. The Kier molecular flexibility index (Phi) is 3.92. The Labute approximate surface area is 133 Å². The lowest BCUT2D eigenvalue weighted by molar-refractivity contribution is -0.135. The molecule has 1 aromatic carbocycles. The molecule has 0 bridgehead atoms. The van der Waals surface area contributed by atoms with Gasteiger partial charge >= 0.3 is 0 Å². The average Bonchev–Trinajstić information content (AvgIpc) is 2.96. The smallest absolute Gasteiger partial charge is 0.248 e. The maximum absolute atomic E-state index is 12.5. The summed E-state index contributed by atoms with van der Waals surface area (Å²) >= 11 is 3.35. The molecule has 6 heteroatoms. The third kappa shape index (κ3) is 2.66. The van der Waals surface area contributed by atoms with Crippen molar-refractivity contribution >= 4 is 41.0 Å². The predicted octanol–water partition coefficient (Wildman–Crippen LogP) is 2.80. The standard InChI is InChI=1S/C15H18N2O2S2/c1-15-7-6-13(18)17(15)12(9-21-15)14(19)16-10-4-3-5-11(8-10)20-2/h3-5,8,12H,6-7,9H2,1-2H3,(H,16,19)/t12-,15-/m1/s1. The van der Waals surface area contributed by atoms with Crippen molar-refractivity contribution in [1.82, 2.24) is 4.90 Å². The molecule has 112 valence electrons. The molecular formula is C15H18N2O2S2. The first-order valence-electron chi connectivity index (χ1n) is 6.94. The first-order valence-corrected chi connectivity index (χ1v) is 9.15. The number of amides is 2. The van der Waals surface area contributed by atoms with Crippen LogP contribution in [0.2, 0.25) is 0 Å². The van der Waals surface area contributed by atoms with Crippen molar-refractivity contribution in [2.45, 2.75) is 35.6 Å². The highest BCUT2D eigenvalue weighted by Crippen LogP contribution is 2.47. The number of rotatable bonds is 3. The number of hydrogen-bond acceptors (Lipinski definition) is 4. The molecule has 3 rings (SSSR count). The SMILES string of the molecule is CSc1cccc(NC(=O)[C@H]2CS[C@]3(C)CCC(=O)N23)c1. The average molecular weight is 322 g/mol. The van der Waals surface area contributed by atoms with Crippen LogP contribution in [0.4, 0.5) is 5.69 Å². The lowest BCUT2D eigenvalue weighted by atomic mass is 10.2. The van der Waals surface area contributed by atoms with Gasteiger partial charge in [-0.25, -0.2) is 0 Å². The molecule has 2 aliphatic rings. The molecule has 2 saturated heterocycles. The van der Waals surface area contributed by atoms with E-state index in [1.165, 1.54) is 0 Å². The Morgan fingerprint density at radius 3 is 3.10 bits per heavy atom. The van der Waals surface area contributed by atoms with E-state index in [1.54, 1.807) is 28.4 Å². The minimum Gasteiger partial charge on any atom is -0.324 e. The van der Waals surface area contributed by atoms with Crippen molar-refractivity contribution in [3.63, 3.8) is 0 Å². The highest BCUT2D eigenvalue weighted by Gasteiger charge is 2.52. The van der Waals surface area contributed by atoms with Crippen LogP contribution in [0.15, 0.2) is 29.2 Å². The first kappa shape index (κ1) is 14.8. The molecule has 2 fully saturated rings. The Morgan fingerprint density at radius 1 is 1.52 bits per heavy atom. The van der Waals surface area contributed by atoms with E-state index in [2.05, 4.69) is 12.2 Å². The van der Waals surface area contributed by atoms with Gasteiger partial charge in [0, 0.05) is 22.8 Å². The number of thioether (sulfide) groups is 2. The van der Waals surface area contributed by atoms with E-state index in [1.807, 2.05) is 30.5 Å². The summed E-state index contributed by atoms with van der Waals surface area (Å²) in [5.74, 6) is 0.691. The van der Waals surface area contributed by atoms with E-state index < -0.39 is 0 Å². The van der Waals surface area contributed by atoms with Gasteiger partial charge in [0.15, 0.2) is 0 Å². The van der Waals surface area contributed by atoms with Crippen molar-refractivity contribution in [3.05, 3.63) is 24.3 Å². The number of hydrogen-bond donors (Lipinski definition) is 1. The number of nitrogens with one attached hydrogen (secondary N) is 1. The number of carbonyl (C=O) groups excluding carboxylic acids is 2. The van der Waals surface area contributed by atoms with Crippen LogP contribution in [0.3, 0.4) is 0 Å². The maximum Gasteiger partial charge on any atom is 0.248 e. The Bertz CT molecular complexity index is 593. The monoisotopic (exact) mass is 322 g/mol. The zero-order valence-corrected chi connectivity index (χ0v) is 13.7. The summed E-state index contributed by atoms with van der Waals surface area (Å²) in [5.41, 5.74) is 0.789. The van der Waals surface area contributed by atoms with Gasteiger partial charge in [-0.3, -0.25) is 9.59 Å². The van der Waals surface area contributed by atoms with Crippen molar-refractivity contribution < 1.29 is 9.59 Å². The summed E-state index contributed by atoms with van der Waals surface area (Å²) < 4.78 is 0. The van der Waals surface area contributed by atoms with E-state index in [4.69, 9.17) is 0 Å². The van der Waals surface area contributed by atoms with Crippen LogP contribution in [0.5, 0.6) is 0 Å². The molecule has 1 N–H and O–H groups in total. The number of carbonyl (C=O) groups is 2. The number of benzene rings is 1. The summed E-state index contributed by atoms with van der Waals surface area (Å²) in [6, 6.07) is 7.41. The maximum atomic E-state index is 12.5. The van der Waals surface area contributed by atoms with Gasteiger partial charge in [0.25, 0.3) is 0 Å². The molecule has 0 aliphatic carbocycles. The molecule has 2 atom stereocenters. The molecule has 0 spiro atoms. The van der Waals surface area contributed by atoms with Crippen LogP contribution in [0, 0.1) is 0 Å². The zero-order chi connectivity index (χ0) is 15.0. The van der Waals surface area contributed by atoms with Crippen molar-refractivity contribution in [1.29, 1.82) is 0 Å². The Balaban J connectivity index is 1.75. The summed E-state index contributed by atoms with van der Waals surface area (Å²) in [6.45, 7) is 2.06. The molecule has 0 saturated carbocycles. The number of fused-ring (bicyclic) bond motifs is 1. The molecule has 0 unspecified atom stereocenters. The highest BCUT2D eigenvalue weighted by molar-refractivity contribution is 8.01. The number of anilines is 1. The lowest BCUT2D eigenvalue weighted by Gasteiger charge is -2.29. The van der Waals surface area contributed by atoms with Crippen LogP contribution in [-0.4, -0.2) is 39.6 Å². The van der Waals surface area contributed by atoms with Gasteiger partial charge in [-0.2, -0.15) is 0 Å². The second-order valence-electron chi connectivity index (χ2n) is 5.49. The van der Waals surface area contributed by atoms with Crippen molar-refractivity contribution in [2.75, 3.05) is 17.3 Å². The third-order valence-electron chi connectivity index (χ3n) is 4.08. The largest absolute Gasteiger partial charge is 0.324 e. The first-order chi connectivity index (χ1) is 10.0. The second-order valence-corrected chi connectivity index (χ2v) is 7.87. The summed E-state index contributed by atoms with van der Waals surface area (Å²) in [6.07, 6.45) is 3.39. The van der Waals surface area contributed by atoms with Gasteiger partial charge in [0.1, 0.15) is 6.04 Å². The van der Waals surface area contributed by atoms with Crippen LogP contribution in [-0.2, 0) is 9.59 Å². The molecule has 0 radical (unpaired) electrons. The van der Waals surface area contributed by atoms with Crippen LogP contribution in [0.1, 0.15) is 19.8 Å². The fourth-order valence-electron chi connectivity index (χ4n) is 2.94. The fourth-order valence-corrected chi connectivity index (χ4v) is 4.83. The van der Waals surface area contributed by atoms with Crippen LogP contribution >= 0.6 is 23.5 Å². The van der Waals surface area contributed by atoms with Crippen LogP contribution < -0.4 is 5.32 Å². The predicted molar refractivity (Wildman–Crippen MR) is 87.6 cm³/mol. The minimum absolute atomic E-state index is 0.0836. The quantitative estimate of drug-likeness (QED) is 0.870. The van der Waals surface area contributed by atoms with Gasteiger partial charge in [-0.05, 0) is 37.8 Å². The van der Waals surface area contributed by atoms with Crippen molar-refractivity contribution in [2.24, 2.45) is 0 Å². The van der Waals surface area contributed by atoms with Gasteiger partial charge in [0.05, 0.1) is 4.87 Å².